The molecule has 6 rings (SSSR count). The van der Waals surface area contributed by atoms with Crippen LogP contribution < -0.4 is 4.90 Å². The first-order valence-corrected chi connectivity index (χ1v) is 12.4. The lowest BCUT2D eigenvalue weighted by atomic mass is 10.0. The van der Waals surface area contributed by atoms with Gasteiger partial charge in [-0.3, -0.25) is 0 Å². The molecule has 3 aromatic rings. The SMILES string of the molecule is O=C(O)c1nnc(N2C[C@@H]3C[C@H]2C[C@H]3OCc2c(-c3c(Cl)cccc3Cl)noc2C2CC2)s1. The van der Waals surface area contributed by atoms with Gasteiger partial charge in [-0.05, 0) is 37.8 Å². The summed E-state index contributed by atoms with van der Waals surface area (Å²) in [5.74, 6) is 0.561. The first kappa shape index (κ1) is 21.3. The number of rotatable bonds is 7. The highest BCUT2D eigenvalue weighted by molar-refractivity contribution is 7.17. The standard InChI is InChI=1S/C22H20Cl2N4O4S/c23-14-2-1-3-15(24)17(14)18-13(19(32-27-18)10-4-5-10)9-31-16-7-12-6-11(16)8-28(12)22-26-25-20(33-22)21(29)30/h1-3,10-12,16H,4-9H2,(H,29,30)/t11-,12-,16+/m0/s1. The summed E-state index contributed by atoms with van der Waals surface area (Å²) in [4.78, 5) is 13.3. The van der Waals surface area contributed by atoms with Crippen molar-refractivity contribution in [1.29, 1.82) is 0 Å². The molecule has 2 aliphatic carbocycles. The lowest BCUT2D eigenvalue weighted by Gasteiger charge is -2.31. The Morgan fingerprint density at radius 2 is 2.03 bits per heavy atom. The Labute approximate surface area is 203 Å². The topological polar surface area (TPSA) is 102 Å². The number of carboxylic acid groups (broad SMARTS) is 1. The largest absolute Gasteiger partial charge is 0.476 e. The van der Waals surface area contributed by atoms with Crippen molar-refractivity contribution in [2.24, 2.45) is 5.92 Å². The van der Waals surface area contributed by atoms with Crippen LogP contribution in [-0.4, -0.2) is 45.1 Å². The smallest absolute Gasteiger partial charge is 0.367 e. The molecule has 2 aromatic heterocycles. The zero-order valence-electron chi connectivity index (χ0n) is 17.4. The second kappa shape index (κ2) is 8.23. The molecule has 33 heavy (non-hydrogen) atoms. The summed E-state index contributed by atoms with van der Waals surface area (Å²) in [6, 6.07) is 5.68. The number of carbonyl (C=O) groups is 1. The van der Waals surface area contributed by atoms with Crippen LogP contribution in [0.3, 0.4) is 0 Å². The Kier molecular flexibility index (Phi) is 5.32. The first-order chi connectivity index (χ1) is 16.0. The molecular formula is C22H20Cl2N4O4S. The van der Waals surface area contributed by atoms with Gasteiger partial charge >= 0.3 is 5.97 Å². The van der Waals surface area contributed by atoms with Gasteiger partial charge in [-0.25, -0.2) is 4.79 Å². The van der Waals surface area contributed by atoms with Crippen molar-refractivity contribution in [2.45, 2.75) is 50.4 Å². The molecule has 0 unspecified atom stereocenters. The molecule has 1 aromatic carbocycles. The van der Waals surface area contributed by atoms with Gasteiger partial charge in [0.15, 0.2) is 0 Å². The number of aromatic nitrogens is 3. The summed E-state index contributed by atoms with van der Waals surface area (Å²) in [6.45, 7) is 1.17. The third-order valence-corrected chi connectivity index (χ3v) is 8.31. The minimum atomic E-state index is -1.04. The second-order valence-electron chi connectivity index (χ2n) is 8.83. The van der Waals surface area contributed by atoms with E-state index < -0.39 is 5.97 Å². The summed E-state index contributed by atoms with van der Waals surface area (Å²) in [5, 5.41) is 23.1. The molecule has 1 aliphatic heterocycles. The molecule has 2 bridgehead atoms. The monoisotopic (exact) mass is 506 g/mol. The zero-order valence-corrected chi connectivity index (χ0v) is 19.7. The number of benzene rings is 1. The average Bonchev–Trinajstić information content (AvgIpc) is 3.15. The molecule has 172 valence electrons. The maximum Gasteiger partial charge on any atom is 0.367 e. The van der Waals surface area contributed by atoms with Gasteiger partial charge in [-0.2, -0.15) is 0 Å². The van der Waals surface area contributed by atoms with Crippen molar-refractivity contribution in [3.05, 3.63) is 44.6 Å². The van der Waals surface area contributed by atoms with Gasteiger partial charge in [0.1, 0.15) is 11.5 Å². The molecular weight excluding hydrogens is 487 g/mol. The summed E-state index contributed by atoms with van der Waals surface area (Å²) in [7, 11) is 0. The fourth-order valence-corrected chi connectivity index (χ4v) is 6.34. The number of anilines is 1. The number of hydrogen-bond acceptors (Lipinski definition) is 8. The van der Waals surface area contributed by atoms with E-state index in [1.807, 2.05) is 6.07 Å². The van der Waals surface area contributed by atoms with E-state index in [1.165, 1.54) is 0 Å². The first-order valence-electron chi connectivity index (χ1n) is 10.9. The van der Waals surface area contributed by atoms with Crippen molar-refractivity contribution < 1.29 is 19.2 Å². The van der Waals surface area contributed by atoms with Crippen molar-refractivity contribution >= 4 is 45.6 Å². The van der Waals surface area contributed by atoms with Crippen LogP contribution in [0.1, 0.15) is 52.7 Å². The molecule has 3 atom stereocenters. The number of nitrogens with zero attached hydrogens (tertiary/aromatic N) is 4. The fourth-order valence-electron chi connectivity index (χ4n) is 5.00. The van der Waals surface area contributed by atoms with Crippen molar-refractivity contribution in [3.63, 3.8) is 0 Å². The highest BCUT2D eigenvalue weighted by Gasteiger charge is 2.47. The van der Waals surface area contributed by atoms with Crippen LogP contribution in [0.2, 0.25) is 10.0 Å². The quantitative estimate of drug-likeness (QED) is 0.462. The molecule has 0 spiro atoms. The summed E-state index contributed by atoms with van der Waals surface area (Å²) >= 11 is 14.0. The third-order valence-electron chi connectivity index (χ3n) is 6.73. The van der Waals surface area contributed by atoms with Crippen molar-refractivity contribution in [1.82, 2.24) is 15.4 Å². The van der Waals surface area contributed by atoms with Crippen LogP contribution in [0.15, 0.2) is 22.7 Å². The number of halogens is 2. The zero-order chi connectivity index (χ0) is 22.7. The van der Waals surface area contributed by atoms with Crippen LogP contribution in [0.25, 0.3) is 11.3 Å². The van der Waals surface area contributed by atoms with Gasteiger partial charge in [0.25, 0.3) is 0 Å². The van der Waals surface area contributed by atoms with Crippen LogP contribution in [0, 0.1) is 5.92 Å². The van der Waals surface area contributed by atoms with Crippen molar-refractivity contribution in [2.75, 3.05) is 11.4 Å². The minimum absolute atomic E-state index is 0.0198. The van der Waals surface area contributed by atoms with Crippen LogP contribution in [0.4, 0.5) is 5.13 Å². The lowest BCUT2D eigenvalue weighted by molar-refractivity contribution is 0.0122. The molecule has 3 aliphatic rings. The lowest BCUT2D eigenvalue weighted by Crippen LogP contribution is -2.38. The predicted octanol–water partition coefficient (Wildman–Crippen LogP) is 5.26. The van der Waals surface area contributed by atoms with E-state index in [0.29, 0.717) is 44.9 Å². The Bertz CT molecular complexity index is 1210. The number of piperidine rings is 1. The summed E-state index contributed by atoms with van der Waals surface area (Å²) in [6.07, 6.45) is 4.13. The van der Waals surface area contributed by atoms with Crippen molar-refractivity contribution in [3.8, 4) is 11.3 Å². The van der Waals surface area contributed by atoms with E-state index in [9.17, 15) is 4.79 Å². The normalized spacial score (nSPS) is 24.1. The van der Waals surface area contributed by atoms with Crippen LogP contribution >= 0.6 is 34.5 Å². The van der Waals surface area contributed by atoms with Gasteiger partial charge in [0.2, 0.25) is 10.1 Å². The molecule has 0 radical (unpaired) electrons. The third kappa shape index (κ3) is 3.80. The van der Waals surface area contributed by atoms with E-state index in [1.54, 1.807) is 12.1 Å². The molecule has 2 saturated carbocycles. The highest BCUT2D eigenvalue weighted by Crippen LogP contribution is 2.47. The summed E-state index contributed by atoms with van der Waals surface area (Å²) in [5.41, 5.74) is 2.27. The van der Waals surface area contributed by atoms with E-state index in [-0.39, 0.29) is 17.2 Å². The number of aromatic carboxylic acids is 1. The number of ether oxygens (including phenoxy) is 1. The van der Waals surface area contributed by atoms with Gasteiger partial charge in [0, 0.05) is 35.5 Å². The van der Waals surface area contributed by atoms with Crippen LogP contribution in [0.5, 0.6) is 0 Å². The van der Waals surface area contributed by atoms with Gasteiger partial charge in [-0.1, -0.05) is 45.8 Å². The second-order valence-corrected chi connectivity index (χ2v) is 10.6. The Hall–Kier alpha value is -2.20. The fraction of sp³-hybridized carbons (Fsp3) is 0.455. The number of fused-ring (bicyclic) bond motifs is 2. The van der Waals surface area contributed by atoms with E-state index in [4.69, 9.17) is 37.6 Å². The molecule has 0 amide bonds. The molecule has 11 heteroatoms. The maximum absolute atomic E-state index is 11.1. The Morgan fingerprint density at radius 3 is 2.67 bits per heavy atom. The molecule has 1 N–H and O–H groups in total. The van der Waals surface area contributed by atoms with Gasteiger partial charge in [0.05, 0.1) is 22.8 Å². The Morgan fingerprint density at radius 1 is 1.24 bits per heavy atom. The van der Waals surface area contributed by atoms with Crippen LogP contribution in [-0.2, 0) is 11.3 Å². The average molecular weight is 507 g/mol. The molecule has 3 fully saturated rings. The minimum Gasteiger partial charge on any atom is -0.476 e. The number of hydrogen-bond donors (Lipinski definition) is 1. The Balaban J connectivity index is 1.19. The highest BCUT2D eigenvalue weighted by atomic mass is 35.5. The predicted molar refractivity (Wildman–Crippen MR) is 123 cm³/mol. The molecule has 1 saturated heterocycles. The van der Waals surface area contributed by atoms with Gasteiger partial charge < -0.3 is 19.3 Å². The van der Waals surface area contributed by atoms with E-state index >= 15 is 0 Å². The molecule has 8 nitrogen and oxygen atoms in total. The van der Waals surface area contributed by atoms with E-state index in [2.05, 4.69) is 20.3 Å². The summed E-state index contributed by atoms with van der Waals surface area (Å²) < 4.78 is 12.2. The van der Waals surface area contributed by atoms with E-state index in [0.717, 1.165) is 54.9 Å². The number of carboxylic acids is 1. The molecule has 3 heterocycles. The van der Waals surface area contributed by atoms with Gasteiger partial charge in [-0.15, -0.1) is 10.2 Å². The maximum atomic E-state index is 11.1.